The average molecular weight is 423 g/mol. The van der Waals surface area contributed by atoms with Crippen LogP contribution in [0.4, 0.5) is 15.8 Å². The Balaban J connectivity index is 1.67. The van der Waals surface area contributed by atoms with Gasteiger partial charge in [-0.15, -0.1) is 0 Å². The van der Waals surface area contributed by atoms with Gasteiger partial charge in [0.2, 0.25) is 0 Å². The lowest BCUT2D eigenvalue weighted by molar-refractivity contribution is -0.384. The third kappa shape index (κ3) is 3.87. The summed E-state index contributed by atoms with van der Waals surface area (Å²) in [6.07, 6.45) is 0. The summed E-state index contributed by atoms with van der Waals surface area (Å²) in [6, 6.07) is 14.8. The van der Waals surface area contributed by atoms with Gasteiger partial charge in [0, 0.05) is 39.7 Å². The number of non-ortho nitro benzene ring substituents is 1. The SMILES string of the molecule is O=C1NCc2ccc(NC(=O)c3cc([N+](=O)[O-])ccc3Sc3ccccc3F)cc21. The van der Waals surface area contributed by atoms with Crippen LogP contribution in [0.5, 0.6) is 0 Å². The molecule has 150 valence electrons. The topological polar surface area (TPSA) is 101 Å². The minimum absolute atomic E-state index is 0.0300. The van der Waals surface area contributed by atoms with Crippen LogP contribution in [0.25, 0.3) is 0 Å². The number of halogens is 1. The fraction of sp³-hybridized carbons (Fsp3) is 0.0476. The third-order valence-corrected chi connectivity index (χ3v) is 5.65. The van der Waals surface area contributed by atoms with Crippen molar-refractivity contribution in [3.05, 3.63) is 93.3 Å². The van der Waals surface area contributed by atoms with Crippen molar-refractivity contribution < 1.29 is 18.9 Å². The zero-order valence-electron chi connectivity index (χ0n) is 15.3. The lowest BCUT2D eigenvalue weighted by Crippen LogP contribution is -2.15. The third-order valence-electron chi connectivity index (χ3n) is 4.53. The van der Waals surface area contributed by atoms with E-state index in [0.717, 1.165) is 23.4 Å². The fourth-order valence-corrected chi connectivity index (χ4v) is 3.98. The number of carbonyl (C=O) groups excluding carboxylic acids is 2. The molecule has 0 spiro atoms. The minimum atomic E-state index is -0.603. The van der Waals surface area contributed by atoms with Gasteiger partial charge in [-0.2, -0.15) is 0 Å². The van der Waals surface area contributed by atoms with E-state index in [2.05, 4.69) is 10.6 Å². The molecule has 7 nitrogen and oxygen atoms in total. The number of rotatable bonds is 5. The van der Waals surface area contributed by atoms with Crippen molar-refractivity contribution in [3.8, 4) is 0 Å². The Kier molecular flexibility index (Phi) is 5.20. The molecule has 0 aromatic heterocycles. The summed E-state index contributed by atoms with van der Waals surface area (Å²) >= 11 is 0.998. The maximum Gasteiger partial charge on any atom is 0.270 e. The number of nitro groups is 1. The molecule has 4 rings (SSSR count). The molecule has 30 heavy (non-hydrogen) atoms. The van der Waals surface area contributed by atoms with E-state index in [1.54, 1.807) is 36.4 Å². The predicted molar refractivity (Wildman–Crippen MR) is 109 cm³/mol. The van der Waals surface area contributed by atoms with E-state index >= 15 is 0 Å². The number of nitrogens with zero attached hydrogens (tertiary/aromatic N) is 1. The zero-order chi connectivity index (χ0) is 21.3. The van der Waals surface area contributed by atoms with E-state index in [0.29, 0.717) is 22.7 Å². The molecule has 1 heterocycles. The monoisotopic (exact) mass is 423 g/mol. The van der Waals surface area contributed by atoms with Crippen molar-refractivity contribution in [3.63, 3.8) is 0 Å². The lowest BCUT2D eigenvalue weighted by atomic mass is 10.1. The van der Waals surface area contributed by atoms with Crippen molar-refractivity contribution in [1.29, 1.82) is 0 Å². The van der Waals surface area contributed by atoms with Crippen LogP contribution in [-0.4, -0.2) is 16.7 Å². The smallest absolute Gasteiger partial charge is 0.270 e. The van der Waals surface area contributed by atoms with E-state index in [-0.39, 0.29) is 22.1 Å². The van der Waals surface area contributed by atoms with Gasteiger partial charge in [-0.05, 0) is 35.9 Å². The number of nitro benzene ring substituents is 1. The number of fused-ring (bicyclic) bond motifs is 1. The molecule has 0 aliphatic carbocycles. The van der Waals surface area contributed by atoms with Crippen molar-refractivity contribution >= 4 is 35.0 Å². The molecule has 0 saturated carbocycles. The Morgan fingerprint density at radius 3 is 2.67 bits per heavy atom. The summed E-state index contributed by atoms with van der Waals surface area (Å²) in [7, 11) is 0. The molecule has 0 unspecified atom stereocenters. The molecule has 1 aliphatic rings. The second-order valence-electron chi connectivity index (χ2n) is 6.48. The summed E-state index contributed by atoms with van der Waals surface area (Å²) in [6.45, 7) is 0.427. The molecule has 2 N–H and O–H groups in total. The highest BCUT2D eigenvalue weighted by molar-refractivity contribution is 7.99. The average Bonchev–Trinajstić information content (AvgIpc) is 3.10. The summed E-state index contributed by atoms with van der Waals surface area (Å²) in [5.74, 6) is -1.29. The summed E-state index contributed by atoms with van der Waals surface area (Å²) < 4.78 is 14.1. The first kappa shape index (κ1) is 19.6. The van der Waals surface area contributed by atoms with Crippen molar-refractivity contribution in [2.45, 2.75) is 16.3 Å². The number of amides is 2. The first-order valence-corrected chi connectivity index (χ1v) is 9.67. The normalized spacial score (nSPS) is 12.2. The predicted octanol–water partition coefficient (Wildman–Crippen LogP) is 4.38. The van der Waals surface area contributed by atoms with Gasteiger partial charge in [0.05, 0.1) is 10.5 Å². The molecule has 1 aliphatic heterocycles. The molecule has 9 heteroatoms. The summed E-state index contributed by atoms with van der Waals surface area (Å²) in [5, 5.41) is 16.5. The van der Waals surface area contributed by atoms with E-state index in [4.69, 9.17) is 0 Å². The van der Waals surface area contributed by atoms with Gasteiger partial charge >= 0.3 is 0 Å². The molecular weight excluding hydrogens is 409 g/mol. The minimum Gasteiger partial charge on any atom is -0.348 e. The maximum absolute atomic E-state index is 14.1. The highest BCUT2D eigenvalue weighted by Crippen LogP contribution is 2.34. The fourth-order valence-electron chi connectivity index (χ4n) is 3.03. The van der Waals surface area contributed by atoms with Crippen LogP contribution in [0, 0.1) is 15.9 Å². The molecule has 0 atom stereocenters. The van der Waals surface area contributed by atoms with Crippen molar-refractivity contribution in [1.82, 2.24) is 5.32 Å². The Labute approximate surface area is 174 Å². The van der Waals surface area contributed by atoms with Gasteiger partial charge in [0.1, 0.15) is 5.82 Å². The van der Waals surface area contributed by atoms with Crippen LogP contribution in [0.3, 0.4) is 0 Å². The summed E-state index contributed by atoms with van der Waals surface area (Å²) in [4.78, 5) is 36.0. The van der Waals surface area contributed by atoms with Crippen LogP contribution in [0.1, 0.15) is 26.3 Å². The van der Waals surface area contributed by atoms with Crippen LogP contribution in [0.2, 0.25) is 0 Å². The number of hydrogen-bond donors (Lipinski definition) is 2. The second kappa shape index (κ2) is 7.96. The van der Waals surface area contributed by atoms with Crippen LogP contribution >= 0.6 is 11.8 Å². The Hall–Kier alpha value is -3.72. The second-order valence-corrected chi connectivity index (χ2v) is 7.56. The highest BCUT2D eigenvalue weighted by atomic mass is 32.2. The van der Waals surface area contributed by atoms with Crippen LogP contribution in [0.15, 0.2) is 70.5 Å². The van der Waals surface area contributed by atoms with Crippen LogP contribution in [-0.2, 0) is 6.54 Å². The van der Waals surface area contributed by atoms with Gasteiger partial charge in [-0.25, -0.2) is 4.39 Å². The van der Waals surface area contributed by atoms with Crippen LogP contribution < -0.4 is 10.6 Å². The molecular formula is C21H14FN3O4S. The molecule has 0 fully saturated rings. The van der Waals surface area contributed by atoms with Crippen molar-refractivity contribution in [2.24, 2.45) is 0 Å². The largest absolute Gasteiger partial charge is 0.348 e. The number of anilines is 1. The highest BCUT2D eigenvalue weighted by Gasteiger charge is 2.21. The lowest BCUT2D eigenvalue weighted by Gasteiger charge is -2.11. The molecule has 0 bridgehead atoms. The van der Waals surface area contributed by atoms with Gasteiger partial charge in [-0.3, -0.25) is 19.7 Å². The molecule has 0 radical (unpaired) electrons. The Morgan fingerprint density at radius 2 is 1.90 bits per heavy atom. The maximum atomic E-state index is 14.1. The van der Waals surface area contributed by atoms with Gasteiger partial charge in [-0.1, -0.05) is 30.0 Å². The standard InChI is InChI=1S/C21H14FN3O4S/c22-17-3-1-2-4-19(17)30-18-8-7-14(25(28)29)10-16(18)21(27)24-13-6-5-12-11-23-20(26)15(12)9-13/h1-10H,11H2,(H,23,26)(H,24,27). The van der Waals surface area contributed by atoms with E-state index in [1.165, 1.54) is 18.2 Å². The van der Waals surface area contributed by atoms with E-state index in [9.17, 15) is 24.1 Å². The number of benzene rings is 3. The molecule has 2 amide bonds. The summed E-state index contributed by atoms with van der Waals surface area (Å²) in [5.41, 5.74) is 1.44. The zero-order valence-corrected chi connectivity index (χ0v) is 16.2. The molecule has 3 aromatic carbocycles. The van der Waals surface area contributed by atoms with Gasteiger partial charge < -0.3 is 10.6 Å². The number of hydrogen-bond acceptors (Lipinski definition) is 5. The van der Waals surface area contributed by atoms with Crippen molar-refractivity contribution in [2.75, 3.05) is 5.32 Å². The Morgan fingerprint density at radius 1 is 1.10 bits per heavy atom. The van der Waals surface area contributed by atoms with E-state index < -0.39 is 16.6 Å². The quantitative estimate of drug-likeness (QED) is 0.468. The molecule has 0 saturated heterocycles. The number of nitrogens with one attached hydrogen (secondary N) is 2. The molecule has 3 aromatic rings. The Bertz CT molecular complexity index is 1200. The van der Waals surface area contributed by atoms with E-state index in [1.807, 2.05) is 0 Å². The first-order valence-electron chi connectivity index (χ1n) is 8.85. The number of carbonyl (C=O) groups is 2. The van der Waals surface area contributed by atoms with Gasteiger partial charge in [0.15, 0.2) is 0 Å². The van der Waals surface area contributed by atoms with Gasteiger partial charge in [0.25, 0.3) is 17.5 Å². The first-order chi connectivity index (χ1) is 14.4.